The average Bonchev–Trinajstić information content (AvgIpc) is 2.96. The molecule has 1 fully saturated rings. The molecule has 1 saturated heterocycles. The molecule has 1 N–H and O–H groups in total. The zero-order valence-corrected chi connectivity index (χ0v) is 15.5. The van der Waals surface area contributed by atoms with Crippen LogP contribution in [-0.4, -0.2) is 24.2 Å². The quantitative estimate of drug-likeness (QED) is 0.592. The van der Waals surface area contributed by atoms with Crippen LogP contribution in [0.3, 0.4) is 0 Å². The van der Waals surface area contributed by atoms with E-state index in [-0.39, 0.29) is 10.7 Å². The highest BCUT2D eigenvalue weighted by Gasteiger charge is 2.21. The Labute approximate surface area is 159 Å². The van der Waals surface area contributed by atoms with Crippen molar-refractivity contribution >= 4 is 44.7 Å². The summed E-state index contributed by atoms with van der Waals surface area (Å²) in [5, 5.41) is 10.7. The van der Waals surface area contributed by atoms with Crippen LogP contribution in [0.2, 0.25) is 5.02 Å². The van der Waals surface area contributed by atoms with Crippen molar-refractivity contribution in [3.63, 3.8) is 0 Å². The minimum Gasteiger partial charge on any atom is -0.478 e. The van der Waals surface area contributed by atoms with Crippen LogP contribution in [0, 0.1) is 5.13 Å². The van der Waals surface area contributed by atoms with Crippen molar-refractivity contribution < 1.29 is 14.3 Å². The van der Waals surface area contributed by atoms with E-state index in [1.807, 2.05) is 12.1 Å². The van der Waals surface area contributed by atoms with Gasteiger partial charge in [0.2, 0.25) is 0 Å². The third-order valence-corrected chi connectivity index (χ3v) is 6.00. The fourth-order valence-corrected chi connectivity index (χ4v) is 4.81. The van der Waals surface area contributed by atoms with Gasteiger partial charge in [-0.25, -0.2) is 4.79 Å². The Morgan fingerprint density at radius 1 is 1.12 bits per heavy atom. The van der Waals surface area contributed by atoms with E-state index in [1.165, 1.54) is 6.42 Å². The molecular weight excluding hydrogens is 373 g/mol. The van der Waals surface area contributed by atoms with Crippen LogP contribution >= 0.6 is 22.9 Å². The molecule has 2 aromatic carbocycles. The molecule has 3 aromatic rings. The van der Waals surface area contributed by atoms with Crippen LogP contribution < -0.4 is 4.90 Å². The number of anilines is 1. The molecule has 0 spiro atoms. The third kappa shape index (κ3) is 3.06. The zero-order chi connectivity index (χ0) is 18.3. The normalized spacial score (nSPS) is 14.8. The second kappa shape index (κ2) is 6.89. The first kappa shape index (κ1) is 17.3. The Hall–Kier alpha value is -2.11. The van der Waals surface area contributed by atoms with Crippen LogP contribution in [-0.2, 0) is 0 Å². The van der Waals surface area contributed by atoms with Crippen molar-refractivity contribution in [1.82, 2.24) is 0 Å². The van der Waals surface area contributed by atoms with Crippen molar-refractivity contribution in [3.8, 4) is 11.1 Å². The lowest BCUT2D eigenvalue weighted by molar-refractivity contribution is 0.0697. The van der Waals surface area contributed by atoms with E-state index in [0.29, 0.717) is 21.8 Å². The molecular formula is C20H17ClFNO2S. The molecule has 134 valence electrons. The van der Waals surface area contributed by atoms with Crippen LogP contribution in [0.5, 0.6) is 0 Å². The zero-order valence-electron chi connectivity index (χ0n) is 14.0. The number of carboxylic acid groups (broad SMARTS) is 1. The van der Waals surface area contributed by atoms with Gasteiger partial charge in [0.05, 0.1) is 11.3 Å². The Balaban J connectivity index is 1.84. The number of aromatic carboxylic acids is 1. The Kier molecular flexibility index (Phi) is 4.59. The molecule has 0 amide bonds. The first-order chi connectivity index (χ1) is 12.5. The van der Waals surface area contributed by atoms with E-state index in [2.05, 4.69) is 4.90 Å². The van der Waals surface area contributed by atoms with Crippen molar-refractivity contribution in [2.45, 2.75) is 19.3 Å². The minimum atomic E-state index is -0.990. The van der Waals surface area contributed by atoms with Crippen molar-refractivity contribution in [2.24, 2.45) is 0 Å². The monoisotopic (exact) mass is 389 g/mol. The Morgan fingerprint density at radius 2 is 1.88 bits per heavy atom. The van der Waals surface area contributed by atoms with Crippen molar-refractivity contribution in [3.05, 3.63) is 52.1 Å². The maximum Gasteiger partial charge on any atom is 0.337 e. The summed E-state index contributed by atoms with van der Waals surface area (Å²) in [7, 11) is 0. The fraction of sp³-hybridized carbons (Fsp3) is 0.250. The Morgan fingerprint density at radius 3 is 2.62 bits per heavy atom. The Bertz CT molecular complexity index is 995. The summed E-state index contributed by atoms with van der Waals surface area (Å²) >= 11 is 7.03. The SMILES string of the molecule is O=C(O)c1cc(-c2c(F)sc3cc(Cl)ccc23)ccc1N1CCCCC1. The first-order valence-electron chi connectivity index (χ1n) is 8.55. The van der Waals surface area contributed by atoms with Gasteiger partial charge in [-0.3, -0.25) is 0 Å². The molecule has 6 heteroatoms. The fourth-order valence-electron chi connectivity index (χ4n) is 3.58. The number of halogens is 2. The van der Waals surface area contributed by atoms with Gasteiger partial charge in [0.15, 0.2) is 5.13 Å². The predicted octanol–water partition coefficient (Wildman–Crippen LogP) is 6.05. The highest BCUT2D eigenvalue weighted by molar-refractivity contribution is 7.18. The maximum absolute atomic E-state index is 14.6. The number of hydrogen-bond donors (Lipinski definition) is 1. The lowest BCUT2D eigenvalue weighted by Crippen LogP contribution is -2.30. The lowest BCUT2D eigenvalue weighted by atomic mass is 9.99. The summed E-state index contributed by atoms with van der Waals surface area (Å²) < 4.78 is 15.4. The molecule has 0 atom stereocenters. The number of thiophene rings is 1. The average molecular weight is 390 g/mol. The van der Waals surface area contributed by atoms with Gasteiger partial charge in [-0.15, -0.1) is 11.3 Å². The van der Waals surface area contributed by atoms with Gasteiger partial charge >= 0.3 is 5.97 Å². The van der Waals surface area contributed by atoms with Crippen LogP contribution in [0.4, 0.5) is 10.1 Å². The van der Waals surface area contributed by atoms with Crippen molar-refractivity contribution in [2.75, 3.05) is 18.0 Å². The van der Waals surface area contributed by atoms with Gasteiger partial charge < -0.3 is 10.0 Å². The van der Waals surface area contributed by atoms with Gasteiger partial charge in [-0.1, -0.05) is 23.7 Å². The van der Waals surface area contributed by atoms with E-state index in [1.54, 1.807) is 24.3 Å². The lowest BCUT2D eigenvalue weighted by Gasteiger charge is -2.30. The van der Waals surface area contributed by atoms with E-state index in [0.717, 1.165) is 47.4 Å². The smallest absolute Gasteiger partial charge is 0.337 e. The molecule has 3 nitrogen and oxygen atoms in total. The van der Waals surface area contributed by atoms with E-state index >= 15 is 0 Å². The molecule has 1 aromatic heterocycles. The van der Waals surface area contributed by atoms with E-state index in [9.17, 15) is 14.3 Å². The van der Waals surface area contributed by atoms with Gasteiger partial charge in [-0.2, -0.15) is 4.39 Å². The highest BCUT2D eigenvalue weighted by Crippen LogP contribution is 2.40. The summed E-state index contributed by atoms with van der Waals surface area (Å²) in [6.45, 7) is 1.71. The summed E-state index contributed by atoms with van der Waals surface area (Å²) in [4.78, 5) is 14.0. The minimum absolute atomic E-state index is 0.220. The third-order valence-electron chi connectivity index (χ3n) is 4.82. The summed E-state index contributed by atoms with van der Waals surface area (Å²) in [5.41, 5.74) is 1.95. The topological polar surface area (TPSA) is 40.5 Å². The van der Waals surface area contributed by atoms with Crippen molar-refractivity contribution in [1.29, 1.82) is 0 Å². The molecule has 0 unspecified atom stereocenters. The van der Waals surface area contributed by atoms with Crippen LogP contribution in [0.15, 0.2) is 36.4 Å². The number of fused-ring (bicyclic) bond motifs is 1. The molecule has 0 aliphatic carbocycles. The second-order valence-electron chi connectivity index (χ2n) is 6.48. The molecule has 2 heterocycles. The predicted molar refractivity (Wildman–Crippen MR) is 105 cm³/mol. The molecule has 4 rings (SSSR count). The first-order valence-corrected chi connectivity index (χ1v) is 9.74. The molecule has 0 saturated carbocycles. The molecule has 0 bridgehead atoms. The van der Waals surface area contributed by atoms with E-state index in [4.69, 9.17) is 11.6 Å². The number of piperidine rings is 1. The van der Waals surface area contributed by atoms with Gasteiger partial charge in [0, 0.05) is 33.8 Å². The molecule has 1 aliphatic rings. The van der Waals surface area contributed by atoms with Crippen LogP contribution in [0.1, 0.15) is 29.6 Å². The maximum atomic E-state index is 14.6. The standard InChI is InChI=1S/C20H17ClFNO2S/c21-13-5-6-14-17(11-13)26-19(22)18(14)12-4-7-16(15(10-12)20(24)25)23-8-2-1-3-9-23/h4-7,10-11H,1-3,8-9H2,(H,24,25). The molecule has 26 heavy (non-hydrogen) atoms. The number of nitrogens with zero attached hydrogens (tertiary/aromatic N) is 1. The highest BCUT2D eigenvalue weighted by atomic mass is 35.5. The number of carboxylic acids is 1. The number of rotatable bonds is 3. The number of benzene rings is 2. The summed E-state index contributed by atoms with van der Waals surface area (Å²) in [5.74, 6) is -0.990. The largest absolute Gasteiger partial charge is 0.478 e. The summed E-state index contributed by atoms with van der Waals surface area (Å²) in [6, 6.07) is 10.4. The molecule has 1 aliphatic heterocycles. The summed E-state index contributed by atoms with van der Waals surface area (Å²) in [6.07, 6.45) is 3.29. The number of carbonyl (C=O) groups is 1. The van der Waals surface area contributed by atoms with E-state index < -0.39 is 5.97 Å². The van der Waals surface area contributed by atoms with Gasteiger partial charge in [0.25, 0.3) is 0 Å². The second-order valence-corrected chi connectivity index (χ2v) is 7.91. The number of hydrogen-bond acceptors (Lipinski definition) is 3. The van der Waals surface area contributed by atoms with Gasteiger partial charge in [-0.05, 0) is 49.1 Å². The van der Waals surface area contributed by atoms with Crippen LogP contribution in [0.25, 0.3) is 21.2 Å². The molecule has 0 radical (unpaired) electrons. The van der Waals surface area contributed by atoms with Gasteiger partial charge in [0.1, 0.15) is 0 Å².